The first-order valence-corrected chi connectivity index (χ1v) is 7.09. The smallest absolute Gasteiger partial charge is 0.157 e. The number of ether oxygens (including phenoxy) is 1. The molecule has 4 heteroatoms. The topological polar surface area (TPSA) is 47.0 Å². The van der Waals surface area contributed by atoms with Gasteiger partial charge in [0, 0.05) is 18.8 Å². The summed E-state index contributed by atoms with van der Waals surface area (Å²) in [6, 6.07) is 0. The molecule has 3 heterocycles. The molecular formula is C14H21N3O. The van der Waals surface area contributed by atoms with E-state index in [4.69, 9.17) is 14.7 Å². The number of hydrogen-bond donors (Lipinski definition) is 1. The van der Waals surface area contributed by atoms with Crippen LogP contribution in [0.25, 0.3) is 0 Å². The summed E-state index contributed by atoms with van der Waals surface area (Å²) >= 11 is 0. The highest BCUT2D eigenvalue weighted by molar-refractivity contribution is 5.29. The summed E-state index contributed by atoms with van der Waals surface area (Å²) in [6.45, 7) is 4.99. The fourth-order valence-corrected chi connectivity index (χ4v) is 2.83. The fourth-order valence-electron chi connectivity index (χ4n) is 2.83. The third kappa shape index (κ3) is 2.27. The van der Waals surface area contributed by atoms with Gasteiger partial charge in [-0.2, -0.15) is 0 Å². The Morgan fingerprint density at radius 2 is 2.33 bits per heavy atom. The zero-order chi connectivity index (χ0) is 12.4. The standard InChI is InChI=1S/C14H21N3O/c1-2-4-11-10-6-7-15-9-12(10)17-14(16-11)13-5-3-8-18-13/h13,15H,2-9H2,1H3. The van der Waals surface area contributed by atoms with Crippen molar-refractivity contribution < 1.29 is 4.74 Å². The molecule has 2 aliphatic heterocycles. The molecule has 0 aromatic carbocycles. The third-order valence-electron chi connectivity index (χ3n) is 3.74. The highest BCUT2D eigenvalue weighted by Gasteiger charge is 2.24. The van der Waals surface area contributed by atoms with Gasteiger partial charge >= 0.3 is 0 Å². The third-order valence-corrected chi connectivity index (χ3v) is 3.74. The summed E-state index contributed by atoms with van der Waals surface area (Å²) in [5, 5.41) is 3.40. The number of nitrogens with zero attached hydrogens (tertiary/aromatic N) is 2. The van der Waals surface area contributed by atoms with Gasteiger partial charge in [0.2, 0.25) is 0 Å². The van der Waals surface area contributed by atoms with Gasteiger partial charge < -0.3 is 10.1 Å². The van der Waals surface area contributed by atoms with Gasteiger partial charge in [-0.05, 0) is 37.8 Å². The molecule has 2 aliphatic rings. The van der Waals surface area contributed by atoms with Gasteiger partial charge in [0.25, 0.3) is 0 Å². The lowest BCUT2D eigenvalue weighted by molar-refractivity contribution is 0.104. The second kappa shape index (κ2) is 5.33. The Bertz CT molecular complexity index is 427. The summed E-state index contributed by atoms with van der Waals surface area (Å²) in [7, 11) is 0. The molecule has 0 amide bonds. The minimum Gasteiger partial charge on any atom is -0.370 e. The van der Waals surface area contributed by atoms with Crippen molar-refractivity contribution in [2.45, 2.75) is 51.7 Å². The molecule has 98 valence electrons. The van der Waals surface area contributed by atoms with Gasteiger partial charge in [-0.25, -0.2) is 9.97 Å². The van der Waals surface area contributed by atoms with Crippen molar-refractivity contribution in [2.24, 2.45) is 0 Å². The molecule has 0 aliphatic carbocycles. The molecule has 1 unspecified atom stereocenters. The molecule has 4 nitrogen and oxygen atoms in total. The van der Waals surface area contributed by atoms with Crippen molar-refractivity contribution in [1.82, 2.24) is 15.3 Å². The number of aryl methyl sites for hydroxylation is 1. The van der Waals surface area contributed by atoms with Crippen LogP contribution in [-0.2, 0) is 24.1 Å². The Morgan fingerprint density at radius 3 is 3.11 bits per heavy atom. The zero-order valence-corrected chi connectivity index (χ0v) is 11.0. The summed E-state index contributed by atoms with van der Waals surface area (Å²) in [6.07, 6.45) is 5.60. The Balaban J connectivity index is 1.97. The maximum Gasteiger partial charge on any atom is 0.157 e. The van der Waals surface area contributed by atoms with Crippen LogP contribution in [0.1, 0.15) is 55.1 Å². The molecule has 0 spiro atoms. The van der Waals surface area contributed by atoms with Crippen LogP contribution < -0.4 is 5.32 Å². The van der Waals surface area contributed by atoms with E-state index in [1.165, 1.54) is 17.0 Å². The van der Waals surface area contributed by atoms with Crippen molar-refractivity contribution in [3.05, 3.63) is 22.8 Å². The van der Waals surface area contributed by atoms with Crippen molar-refractivity contribution in [3.63, 3.8) is 0 Å². The molecule has 1 N–H and O–H groups in total. The number of nitrogens with one attached hydrogen (secondary N) is 1. The van der Waals surface area contributed by atoms with Crippen LogP contribution >= 0.6 is 0 Å². The predicted molar refractivity (Wildman–Crippen MR) is 69.4 cm³/mol. The normalized spacial score (nSPS) is 23.1. The molecule has 1 atom stereocenters. The van der Waals surface area contributed by atoms with Gasteiger partial charge in [-0.15, -0.1) is 0 Å². The van der Waals surface area contributed by atoms with Crippen molar-refractivity contribution >= 4 is 0 Å². The molecule has 3 rings (SSSR count). The van der Waals surface area contributed by atoms with E-state index in [-0.39, 0.29) is 6.10 Å². The molecule has 0 bridgehead atoms. The minimum atomic E-state index is 0.132. The molecular weight excluding hydrogens is 226 g/mol. The van der Waals surface area contributed by atoms with E-state index in [1.54, 1.807) is 0 Å². The number of aromatic nitrogens is 2. The van der Waals surface area contributed by atoms with Crippen LogP contribution in [-0.4, -0.2) is 23.1 Å². The van der Waals surface area contributed by atoms with Crippen LogP contribution in [0.2, 0.25) is 0 Å². The fraction of sp³-hybridized carbons (Fsp3) is 0.714. The molecule has 0 saturated carbocycles. The second-order valence-electron chi connectivity index (χ2n) is 5.13. The minimum absolute atomic E-state index is 0.132. The molecule has 18 heavy (non-hydrogen) atoms. The van der Waals surface area contributed by atoms with E-state index >= 15 is 0 Å². The molecule has 1 aromatic heterocycles. The lowest BCUT2D eigenvalue weighted by Gasteiger charge is -2.21. The Morgan fingerprint density at radius 1 is 1.39 bits per heavy atom. The maximum absolute atomic E-state index is 5.72. The Kier molecular flexibility index (Phi) is 3.57. The number of fused-ring (bicyclic) bond motifs is 1. The summed E-state index contributed by atoms with van der Waals surface area (Å²) < 4.78 is 5.72. The highest BCUT2D eigenvalue weighted by Crippen LogP contribution is 2.28. The Hall–Kier alpha value is -1.00. The van der Waals surface area contributed by atoms with Crippen LogP contribution in [0.15, 0.2) is 0 Å². The second-order valence-corrected chi connectivity index (χ2v) is 5.13. The van der Waals surface area contributed by atoms with E-state index in [0.29, 0.717) is 0 Å². The van der Waals surface area contributed by atoms with E-state index in [0.717, 1.165) is 57.6 Å². The molecule has 1 aromatic rings. The first kappa shape index (κ1) is 12.1. The van der Waals surface area contributed by atoms with Crippen LogP contribution in [0.5, 0.6) is 0 Å². The zero-order valence-electron chi connectivity index (χ0n) is 11.0. The molecule has 0 radical (unpaired) electrons. The van der Waals surface area contributed by atoms with E-state index < -0.39 is 0 Å². The lowest BCUT2D eigenvalue weighted by atomic mass is 10.0. The van der Waals surface area contributed by atoms with Crippen molar-refractivity contribution in [1.29, 1.82) is 0 Å². The van der Waals surface area contributed by atoms with E-state index in [1.807, 2.05) is 0 Å². The van der Waals surface area contributed by atoms with Crippen molar-refractivity contribution in [3.8, 4) is 0 Å². The number of rotatable bonds is 3. The van der Waals surface area contributed by atoms with Gasteiger partial charge in [0.1, 0.15) is 6.10 Å². The lowest BCUT2D eigenvalue weighted by Crippen LogP contribution is -2.27. The summed E-state index contributed by atoms with van der Waals surface area (Å²) in [4.78, 5) is 9.53. The van der Waals surface area contributed by atoms with Crippen molar-refractivity contribution in [2.75, 3.05) is 13.2 Å². The first-order chi connectivity index (χ1) is 8.88. The van der Waals surface area contributed by atoms with Crippen LogP contribution in [0.3, 0.4) is 0 Å². The number of hydrogen-bond acceptors (Lipinski definition) is 4. The summed E-state index contributed by atoms with van der Waals surface area (Å²) in [5.74, 6) is 0.915. The summed E-state index contributed by atoms with van der Waals surface area (Å²) in [5.41, 5.74) is 3.84. The molecule has 1 fully saturated rings. The maximum atomic E-state index is 5.72. The SMILES string of the molecule is CCCc1nc(C2CCCO2)nc2c1CCNC2. The predicted octanol–water partition coefficient (Wildman–Crippen LogP) is 1.93. The van der Waals surface area contributed by atoms with Crippen LogP contribution in [0.4, 0.5) is 0 Å². The average molecular weight is 247 g/mol. The first-order valence-electron chi connectivity index (χ1n) is 7.09. The van der Waals surface area contributed by atoms with Gasteiger partial charge in [-0.3, -0.25) is 0 Å². The van der Waals surface area contributed by atoms with Gasteiger partial charge in [0.15, 0.2) is 5.82 Å². The van der Waals surface area contributed by atoms with Gasteiger partial charge in [0.05, 0.1) is 5.69 Å². The van der Waals surface area contributed by atoms with Crippen LogP contribution in [0, 0.1) is 0 Å². The van der Waals surface area contributed by atoms with Gasteiger partial charge in [-0.1, -0.05) is 13.3 Å². The van der Waals surface area contributed by atoms with E-state index in [2.05, 4.69) is 12.2 Å². The largest absolute Gasteiger partial charge is 0.370 e. The quantitative estimate of drug-likeness (QED) is 0.886. The van der Waals surface area contributed by atoms with E-state index in [9.17, 15) is 0 Å². The Labute approximate surface area is 108 Å². The monoisotopic (exact) mass is 247 g/mol. The molecule has 1 saturated heterocycles. The highest BCUT2D eigenvalue weighted by atomic mass is 16.5. The average Bonchev–Trinajstić information content (AvgIpc) is 2.93.